The van der Waals surface area contributed by atoms with E-state index in [-0.39, 0.29) is 12.1 Å². The zero-order chi connectivity index (χ0) is 19.8. The first-order chi connectivity index (χ1) is 11.8. The van der Waals surface area contributed by atoms with E-state index in [0.717, 1.165) is 12.1 Å². The summed E-state index contributed by atoms with van der Waals surface area (Å²) in [6.07, 6.45) is -3.60. The summed E-state index contributed by atoms with van der Waals surface area (Å²) in [6, 6.07) is 4.59. The Hall–Kier alpha value is -1.92. The Morgan fingerprint density at radius 1 is 1.19 bits per heavy atom. The summed E-state index contributed by atoms with van der Waals surface area (Å²) in [5, 5.41) is 0. The predicted octanol–water partition coefficient (Wildman–Crippen LogP) is 5.26. The number of benzene rings is 1. The van der Waals surface area contributed by atoms with Crippen molar-refractivity contribution in [2.75, 3.05) is 6.54 Å². The van der Waals surface area contributed by atoms with Gasteiger partial charge in [-0.05, 0) is 58.9 Å². The Balaban J connectivity index is 2.01. The number of alkyl halides is 3. The molecule has 26 heavy (non-hydrogen) atoms. The first-order valence-corrected chi connectivity index (χ1v) is 8.65. The lowest BCUT2D eigenvalue weighted by molar-refractivity contribution is -0.137. The lowest BCUT2D eigenvalue weighted by atomic mass is 9.88. The van der Waals surface area contributed by atoms with E-state index < -0.39 is 22.9 Å². The van der Waals surface area contributed by atoms with Gasteiger partial charge in [-0.15, -0.1) is 0 Å². The molecule has 0 radical (unpaired) electrons. The van der Waals surface area contributed by atoms with Crippen molar-refractivity contribution in [3.05, 3.63) is 29.8 Å². The van der Waals surface area contributed by atoms with Gasteiger partial charge in [-0.1, -0.05) is 0 Å². The third-order valence-corrected chi connectivity index (χ3v) is 4.31. The molecule has 0 saturated carbocycles. The molecule has 4 nitrogen and oxygen atoms in total. The zero-order valence-corrected chi connectivity index (χ0v) is 15.8. The fraction of sp³-hybridized carbons (Fsp3) is 0.632. The molecule has 146 valence electrons. The summed E-state index contributed by atoms with van der Waals surface area (Å²) < 4.78 is 49.3. The minimum atomic E-state index is -4.37. The molecule has 0 bridgehead atoms. The third kappa shape index (κ3) is 5.29. The van der Waals surface area contributed by atoms with E-state index in [4.69, 9.17) is 9.47 Å². The van der Waals surface area contributed by atoms with E-state index in [1.807, 2.05) is 34.6 Å². The van der Waals surface area contributed by atoms with Crippen LogP contribution < -0.4 is 4.74 Å². The number of hydrogen-bond acceptors (Lipinski definition) is 3. The molecule has 0 aliphatic carbocycles. The number of piperidine rings is 1. The maximum absolute atomic E-state index is 12.7. The molecule has 2 atom stereocenters. The first kappa shape index (κ1) is 20.4. The van der Waals surface area contributed by atoms with Crippen molar-refractivity contribution < 1.29 is 27.4 Å². The number of rotatable bonds is 2. The van der Waals surface area contributed by atoms with Gasteiger partial charge in [0, 0.05) is 25.4 Å². The molecule has 0 aromatic heterocycles. The van der Waals surface area contributed by atoms with Crippen LogP contribution in [0.2, 0.25) is 0 Å². The van der Waals surface area contributed by atoms with Crippen molar-refractivity contribution >= 4 is 6.09 Å². The van der Waals surface area contributed by atoms with Gasteiger partial charge in [0.05, 0.1) is 5.56 Å². The lowest BCUT2D eigenvalue weighted by Gasteiger charge is -2.43. The highest BCUT2D eigenvalue weighted by molar-refractivity contribution is 5.68. The molecule has 1 aliphatic heterocycles. The number of likely N-dealkylation sites (tertiary alicyclic amines) is 1. The first-order valence-electron chi connectivity index (χ1n) is 8.65. The smallest absolute Gasteiger partial charge is 0.416 e. The van der Waals surface area contributed by atoms with Crippen molar-refractivity contribution in [1.82, 2.24) is 4.90 Å². The molecule has 1 heterocycles. The maximum atomic E-state index is 12.7. The number of carbonyl (C=O) groups excluding carboxylic acids is 1. The molecule has 1 aliphatic rings. The van der Waals surface area contributed by atoms with Gasteiger partial charge in [-0.2, -0.15) is 13.2 Å². The number of ether oxygens (including phenoxy) is 2. The second kappa shape index (κ2) is 7.00. The monoisotopic (exact) mass is 373 g/mol. The summed E-state index contributed by atoms with van der Waals surface area (Å²) in [7, 11) is 0. The average molecular weight is 373 g/mol. The van der Waals surface area contributed by atoms with E-state index in [0.29, 0.717) is 25.1 Å². The van der Waals surface area contributed by atoms with Crippen molar-refractivity contribution in [2.24, 2.45) is 0 Å². The fourth-order valence-corrected chi connectivity index (χ4v) is 3.10. The minimum absolute atomic E-state index is 0.0990. The second-order valence-electron chi connectivity index (χ2n) is 8.05. The maximum Gasteiger partial charge on any atom is 0.416 e. The molecular formula is C19H26F3NO3. The Morgan fingerprint density at radius 2 is 1.77 bits per heavy atom. The molecule has 1 saturated heterocycles. The van der Waals surface area contributed by atoms with Crippen LogP contribution in [0.15, 0.2) is 24.3 Å². The number of amides is 1. The molecule has 7 heteroatoms. The van der Waals surface area contributed by atoms with Gasteiger partial charge in [0.25, 0.3) is 0 Å². The molecule has 1 amide bonds. The van der Waals surface area contributed by atoms with E-state index in [1.54, 1.807) is 4.90 Å². The van der Waals surface area contributed by atoms with Crippen molar-refractivity contribution in [3.8, 4) is 5.75 Å². The Bertz CT molecular complexity index is 637. The van der Waals surface area contributed by atoms with Crippen LogP contribution in [0.25, 0.3) is 0 Å². The quantitative estimate of drug-likeness (QED) is 0.710. The molecule has 1 aromatic rings. The van der Waals surface area contributed by atoms with Crippen LogP contribution in [0.3, 0.4) is 0 Å². The molecule has 1 fully saturated rings. The Morgan fingerprint density at radius 3 is 2.23 bits per heavy atom. The van der Waals surface area contributed by atoms with Crippen LogP contribution in [0.1, 0.15) is 53.0 Å². The summed E-state index contributed by atoms with van der Waals surface area (Å²) in [6.45, 7) is 9.74. The summed E-state index contributed by atoms with van der Waals surface area (Å²) in [5.74, 6) is 0.387. The number of nitrogens with zero attached hydrogens (tertiary/aromatic N) is 1. The highest BCUT2D eigenvalue weighted by atomic mass is 19.4. The van der Waals surface area contributed by atoms with Gasteiger partial charge in [-0.3, -0.25) is 0 Å². The number of halogens is 3. The van der Waals surface area contributed by atoms with Crippen LogP contribution in [-0.4, -0.2) is 34.8 Å². The van der Waals surface area contributed by atoms with Crippen molar-refractivity contribution in [3.63, 3.8) is 0 Å². The van der Waals surface area contributed by atoms with Gasteiger partial charge in [0.2, 0.25) is 0 Å². The van der Waals surface area contributed by atoms with Crippen LogP contribution in [-0.2, 0) is 10.9 Å². The number of carbonyl (C=O) groups is 1. The Labute approximate surface area is 152 Å². The van der Waals surface area contributed by atoms with Crippen molar-refractivity contribution in [1.29, 1.82) is 0 Å². The summed E-state index contributed by atoms with van der Waals surface area (Å²) in [4.78, 5) is 14.0. The van der Waals surface area contributed by atoms with Gasteiger partial charge < -0.3 is 14.4 Å². The van der Waals surface area contributed by atoms with Crippen LogP contribution in [0, 0.1) is 0 Å². The second-order valence-corrected chi connectivity index (χ2v) is 8.05. The summed E-state index contributed by atoms with van der Waals surface area (Å²) >= 11 is 0. The molecule has 1 aromatic carbocycles. The van der Waals surface area contributed by atoms with Crippen molar-refractivity contribution in [2.45, 2.75) is 70.9 Å². The standard InChI is InChI=1S/C19H26F3NO3/c1-13-12-18(5,10-11-23(13)16(24)26-17(2,3)4)25-15-8-6-14(7-9-15)19(20,21)22/h6-9,13H,10-12H2,1-5H3/t13-,18-/m0/s1. The highest BCUT2D eigenvalue weighted by Gasteiger charge is 2.39. The third-order valence-electron chi connectivity index (χ3n) is 4.31. The molecule has 0 N–H and O–H groups in total. The molecule has 0 spiro atoms. The van der Waals surface area contributed by atoms with E-state index in [2.05, 4.69) is 0 Å². The Kier molecular flexibility index (Phi) is 5.49. The number of hydrogen-bond donors (Lipinski definition) is 0. The minimum Gasteiger partial charge on any atom is -0.487 e. The van der Waals surface area contributed by atoms with Crippen LogP contribution >= 0.6 is 0 Å². The average Bonchev–Trinajstić information content (AvgIpc) is 2.44. The zero-order valence-electron chi connectivity index (χ0n) is 15.8. The highest BCUT2D eigenvalue weighted by Crippen LogP contribution is 2.34. The predicted molar refractivity (Wildman–Crippen MR) is 92.1 cm³/mol. The molecular weight excluding hydrogens is 347 g/mol. The van der Waals surface area contributed by atoms with Gasteiger partial charge in [0.1, 0.15) is 17.0 Å². The van der Waals surface area contributed by atoms with Gasteiger partial charge >= 0.3 is 12.3 Å². The normalized spacial score (nSPS) is 24.3. The van der Waals surface area contributed by atoms with E-state index >= 15 is 0 Å². The fourth-order valence-electron chi connectivity index (χ4n) is 3.10. The molecule has 0 unspecified atom stereocenters. The van der Waals surface area contributed by atoms with Gasteiger partial charge in [-0.25, -0.2) is 4.79 Å². The van der Waals surface area contributed by atoms with Crippen LogP contribution in [0.5, 0.6) is 5.75 Å². The lowest BCUT2D eigenvalue weighted by Crippen LogP contribution is -2.53. The van der Waals surface area contributed by atoms with Gasteiger partial charge in [0.15, 0.2) is 0 Å². The largest absolute Gasteiger partial charge is 0.487 e. The molecule has 2 rings (SSSR count). The SMILES string of the molecule is C[C@H]1C[C@@](C)(Oc2ccc(C(F)(F)F)cc2)CCN1C(=O)OC(C)(C)C. The van der Waals surface area contributed by atoms with E-state index in [1.165, 1.54) is 12.1 Å². The van der Waals surface area contributed by atoms with Crippen LogP contribution in [0.4, 0.5) is 18.0 Å². The topological polar surface area (TPSA) is 38.8 Å². The van der Waals surface area contributed by atoms with E-state index in [9.17, 15) is 18.0 Å². The summed E-state index contributed by atoms with van der Waals surface area (Å²) in [5.41, 5.74) is -1.82.